The molecule has 0 fully saturated rings. The van der Waals surface area contributed by atoms with Crippen LogP contribution >= 0.6 is 79.6 Å². The molecule has 7 rings (SSSR count). The molecule has 0 saturated carbocycles. The number of carbonyl (C=O) groups is 2. The highest BCUT2D eigenvalue weighted by atomic mass is 79.9. The highest BCUT2D eigenvalue weighted by Gasteiger charge is 2.22. The van der Waals surface area contributed by atoms with E-state index in [9.17, 15) is 9.59 Å². The van der Waals surface area contributed by atoms with Gasteiger partial charge in [0.1, 0.15) is 31.4 Å². The number of halogens is 5. The number of hydrogen-bond acceptors (Lipinski definition) is 10. The Morgan fingerprint density at radius 2 is 1.00 bits per heavy atom. The molecular weight excluding hydrogens is 1040 g/mol. The Hall–Kier alpha value is -3.64. The van der Waals surface area contributed by atoms with Crippen LogP contribution in [-0.4, -0.2) is 64.8 Å². The van der Waals surface area contributed by atoms with Crippen LogP contribution in [0.5, 0.6) is 34.5 Å². The minimum Gasteiger partial charge on any atom is -0.492 e. The Bertz CT molecular complexity index is 2120. The first-order valence-corrected chi connectivity index (χ1v) is 20.5. The molecule has 0 saturated heterocycles. The van der Waals surface area contributed by atoms with Crippen molar-refractivity contribution >= 4 is 103 Å². The van der Waals surface area contributed by atoms with Crippen LogP contribution in [0.15, 0.2) is 87.3 Å². The van der Waals surface area contributed by atoms with Crippen LogP contribution < -0.4 is 29.6 Å². The lowest BCUT2D eigenvalue weighted by Crippen LogP contribution is -2.34. The predicted octanol–water partition coefficient (Wildman–Crippen LogP) is 9.22. The van der Waals surface area contributed by atoms with Crippen molar-refractivity contribution in [2.24, 2.45) is 10.3 Å². The quantitative estimate of drug-likeness (QED) is 0.193. The van der Waals surface area contributed by atoms with E-state index in [1.807, 2.05) is 48.5 Å². The summed E-state index contributed by atoms with van der Waals surface area (Å²) in [5.41, 5.74) is 3.63. The molecule has 0 unspecified atom stereocenters. The first-order chi connectivity index (χ1) is 26.4. The number of rotatable bonds is 4. The van der Waals surface area contributed by atoms with Gasteiger partial charge in [0, 0.05) is 25.9 Å². The van der Waals surface area contributed by atoms with Crippen LogP contribution in [0.1, 0.15) is 22.3 Å². The minimum absolute atomic E-state index is 0.114. The van der Waals surface area contributed by atoms with E-state index in [1.165, 1.54) is 21.3 Å². The molecule has 0 aliphatic carbocycles. The first kappa shape index (κ1) is 42.5. The largest absolute Gasteiger partial charge is 0.492 e. The monoisotopic (exact) mass is 1070 g/mol. The summed E-state index contributed by atoms with van der Waals surface area (Å²) in [5.74, 6) is 2.05. The van der Waals surface area contributed by atoms with Gasteiger partial charge >= 0.3 is 0 Å². The van der Waals surface area contributed by atoms with Crippen molar-refractivity contribution in [1.29, 1.82) is 0 Å². The van der Waals surface area contributed by atoms with Crippen molar-refractivity contribution in [3.63, 3.8) is 0 Å². The SMILES string of the molecule is CO/N=C1\Cc2cc(Br)c(c(Br)c2)Oc2cc(cc(Br)c2OC)C/C(=N\OC)C(=O)NCCc2cc(Br)c(OC)c(c2)Oc2ccc(cc2Br)CCNC1=O. The maximum Gasteiger partial charge on any atom is 0.269 e. The van der Waals surface area contributed by atoms with E-state index < -0.39 is 5.91 Å². The second kappa shape index (κ2) is 20.0. The molecule has 3 heterocycles. The van der Waals surface area contributed by atoms with Crippen molar-refractivity contribution < 1.29 is 38.2 Å². The molecule has 8 bridgehead atoms. The fourth-order valence-corrected chi connectivity index (χ4v) is 8.87. The maximum absolute atomic E-state index is 13.5. The summed E-state index contributed by atoms with van der Waals surface area (Å²) in [6.07, 6.45) is 1.30. The number of hydrogen-bond donors (Lipinski definition) is 2. The number of fused-ring (bicyclic) bond motifs is 2. The summed E-state index contributed by atoms with van der Waals surface area (Å²) >= 11 is 18.1. The van der Waals surface area contributed by atoms with E-state index in [2.05, 4.69) is 101 Å². The number of amides is 2. The van der Waals surface area contributed by atoms with E-state index in [-0.39, 0.29) is 30.2 Å². The molecule has 12 nitrogen and oxygen atoms in total. The van der Waals surface area contributed by atoms with Crippen LogP contribution in [-0.2, 0) is 44.9 Å². The van der Waals surface area contributed by atoms with Gasteiger partial charge in [-0.1, -0.05) is 16.4 Å². The van der Waals surface area contributed by atoms with Crippen LogP contribution in [0.2, 0.25) is 0 Å². The van der Waals surface area contributed by atoms with E-state index >= 15 is 0 Å². The topological polar surface area (TPSA) is 138 Å². The highest BCUT2D eigenvalue weighted by Crippen LogP contribution is 2.44. The lowest BCUT2D eigenvalue weighted by molar-refractivity contribution is -0.115. The highest BCUT2D eigenvalue weighted by molar-refractivity contribution is 9.11. The van der Waals surface area contributed by atoms with Crippen molar-refractivity contribution in [3.8, 4) is 34.5 Å². The molecule has 55 heavy (non-hydrogen) atoms. The molecule has 0 atom stereocenters. The van der Waals surface area contributed by atoms with E-state index in [4.69, 9.17) is 28.6 Å². The molecule has 4 aromatic carbocycles. The number of benzene rings is 4. The lowest BCUT2D eigenvalue weighted by atomic mass is 10.1. The second-order valence-corrected chi connectivity index (χ2v) is 16.2. The molecule has 2 amide bonds. The van der Waals surface area contributed by atoms with Crippen LogP contribution in [0.4, 0.5) is 0 Å². The normalized spacial score (nSPS) is 15.7. The molecule has 3 aliphatic rings. The Balaban J connectivity index is 1.52. The average molecular weight is 1080 g/mol. The van der Waals surface area contributed by atoms with Gasteiger partial charge in [0.25, 0.3) is 11.8 Å². The fourth-order valence-electron chi connectivity index (χ4n) is 5.62. The van der Waals surface area contributed by atoms with E-state index in [0.717, 1.165) is 16.7 Å². The van der Waals surface area contributed by atoms with Crippen molar-refractivity contribution in [3.05, 3.63) is 99.2 Å². The van der Waals surface area contributed by atoms with Crippen LogP contribution in [0, 0.1) is 0 Å². The number of nitrogens with one attached hydrogen (secondary N) is 2. The van der Waals surface area contributed by atoms with Crippen LogP contribution in [0.25, 0.3) is 0 Å². The van der Waals surface area contributed by atoms with Gasteiger partial charge < -0.3 is 39.3 Å². The van der Waals surface area contributed by atoms with Gasteiger partial charge in [-0.2, -0.15) is 0 Å². The Kier molecular flexibility index (Phi) is 15.4. The van der Waals surface area contributed by atoms with Gasteiger partial charge in [0.15, 0.2) is 28.7 Å². The Labute approximate surface area is 360 Å². The molecule has 3 aliphatic heterocycles. The molecule has 4 aromatic rings. The third-order valence-electron chi connectivity index (χ3n) is 8.10. The Morgan fingerprint density at radius 3 is 1.53 bits per heavy atom. The molecule has 290 valence electrons. The van der Waals surface area contributed by atoms with Gasteiger partial charge in [0.05, 0.1) is 36.6 Å². The zero-order valence-electron chi connectivity index (χ0n) is 30.0. The second-order valence-electron chi connectivity index (χ2n) is 11.9. The zero-order chi connectivity index (χ0) is 39.6. The van der Waals surface area contributed by atoms with Gasteiger partial charge in [-0.15, -0.1) is 0 Å². The minimum atomic E-state index is -0.399. The lowest BCUT2D eigenvalue weighted by Gasteiger charge is -2.17. The van der Waals surface area contributed by atoms with E-state index in [0.29, 0.717) is 88.4 Å². The van der Waals surface area contributed by atoms with Gasteiger partial charge in [0.2, 0.25) is 0 Å². The smallest absolute Gasteiger partial charge is 0.269 e. The summed E-state index contributed by atoms with van der Waals surface area (Å²) in [4.78, 5) is 36.9. The number of oxime groups is 2. The third kappa shape index (κ3) is 11.0. The summed E-state index contributed by atoms with van der Waals surface area (Å²) in [6.45, 7) is 0.648. The Morgan fingerprint density at radius 1 is 0.545 bits per heavy atom. The molecule has 0 spiro atoms. The molecule has 2 N–H and O–H groups in total. The molecule has 17 heteroatoms. The van der Waals surface area contributed by atoms with Crippen LogP contribution in [0.3, 0.4) is 0 Å². The van der Waals surface area contributed by atoms with Gasteiger partial charge in [-0.3, -0.25) is 9.59 Å². The number of carbonyl (C=O) groups excluding carboxylic acids is 2. The summed E-state index contributed by atoms with van der Waals surface area (Å²) in [7, 11) is 5.87. The third-order valence-corrected chi connectivity index (χ3v) is 11.1. The van der Waals surface area contributed by atoms with Gasteiger partial charge in [-0.05, 0) is 163 Å². The summed E-state index contributed by atoms with van der Waals surface area (Å²) in [6, 6.07) is 16.7. The van der Waals surface area contributed by atoms with Crippen molar-refractivity contribution in [1.82, 2.24) is 10.6 Å². The fraction of sp³-hybridized carbons (Fsp3) is 0.263. The number of methoxy groups -OCH3 is 2. The number of ether oxygens (including phenoxy) is 4. The molecule has 0 radical (unpaired) electrons. The standard InChI is InChI=1S/C38H35Br5N4O8/c1-50-35-27(42)12-21-8-10-45-38(49)30(47-53-4)17-23-15-28(43)36(51-2)33(19-23)55-34-25(40)13-22(14-26(34)41)16-29(46-52-3)37(48)44-9-7-20-5-6-31(24(39)11-20)54-32(35)18-21/h5-6,11-15,18-19H,7-10,16-17H2,1-4H3,(H,44,48)(H,45,49)/b46-29+,47-30+. The van der Waals surface area contributed by atoms with E-state index in [1.54, 1.807) is 13.2 Å². The van der Waals surface area contributed by atoms with Crippen molar-refractivity contribution in [2.45, 2.75) is 25.7 Å². The molecule has 0 aromatic heterocycles. The molecular formula is C38H35Br5N4O8. The predicted molar refractivity (Wildman–Crippen MR) is 227 cm³/mol. The average Bonchev–Trinajstić information content (AvgIpc) is 3.13. The van der Waals surface area contributed by atoms with Crippen molar-refractivity contribution in [2.75, 3.05) is 41.5 Å². The summed E-state index contributed by atoms with van der Waals surface area (Å²) < 4.78 is 27.3. The zero-order valence-corrected chi connectivity index (χ0v) is 37.9. The van der Waals surface area contributed by atoms with Gasteiger partial charge in [-0.25, -0.2) is 0 Å². The maximum atomic E-state index is 13.5. The number of nitrogens with zero attached hydrogens (tertiary/aromatic N) is 2. The first-order valence-electron chi connectivity index (χ1n) is 16.6. The summed E-state index contributed by atoms with van der Waals surface area (Å²) in [5, 5.41) is 14.0.